The fourth-order valence-electron chi connectivity index (χ4n) is 5.33. The molecule has 4 unspecified atom stereocenters. The van der Waals surface area contributed by atoms with Crippen LogP contribution < -0.4 is 5.32 Å². The lowest BCUT2D eigenvalue weighted by Gasteiger charge is -2.28. The Morgan fingerprint density at radius 3 is 2.67 bits per heavy atom. The number of anilines is 1. The van der Waals surface area contributed by atoms with E-state index in [1.807, 2.05) is 13.0 Å². The summed E-state index contributed by atoms with van der Waals surface area (Å²) in [7, 11) is 0. The molecule has 3 heterocycles. The van der Waals surface area contributed by atoms with Crippen LogP contribution in [-0.2, 0) is 9.47 Å². The van der Waals surface area contributed by atoms with Gasteiger partial charge in [0.25, 0.3) is 5.91 Å². The molecule has 1 aromatic carbocycles. The summed E-state index contributed by atoms with van der Waals surface area (Å²) in [5.74, 6) is -0.527. The smallest absolute Gasteiger partial charge is 0.260 e. The molecule has 194 valence electrons. The third kappa shape index (κ3) is 4.77. The van der Waals surface area contributed by atoms with Gasteiger partial charge >= 0.3 is 0 Å². The highest BCUT2D eigenvalue weighted by Crippen LogP contribution is 2.47. The van der Waals surface area contributed by atoms with E-state index in [2.05, 4.69) is 26.1 Å². The van der Waals surface area contributed by atoms with Crippen LogP contribution in [0.1, 0.15) is 70.2 Å². The molecule has 4 N–H and O–H groups in total. The Labute approximate surface area is 211 Å². The second-order valence-corrected chi connectivity index (χ2v) is 11.1. The van der Waals surface area contributed by atoms with E-state index in [0.29, 0.717) is 23.1 Å². The number of epoxide rings is 2. The van der Waals surface area contributed by atoms with Gasteiger partial charge in [-0.15, -0.1) is 0 Å². The van der Waals surface area contributed by atoms with Crippen LogP contribution in [0.3, 0.4) is 0 Å². The van der Waals surface area contributed by atoms with Crippen molar-refractivity contribution in [2.24, 2.45) is 0 Å². The second kappa shape index (κ2) is 8.94. The van der Waals surface area contributed by atoms with Gasteiger partial charge in [-0.25, -0.2) is 0 Å². The summed E-state index contributed by atoms with van der Waals surface area (Å²) in [5.41, 5.74) is 2.44. The van der Waals surface area contributed by atoms with Gasteiger partial charge in [-0.1, -0.05) is 17.7 Å². The van der Waals surface area contributed by atoms with E-state index in [-0.39, 0.29) is 53.4 Å². The summed E-state index contributed by atoms with van der Waals surface area (Å²) in [6.45, 7) is 8.75. The quantitative estimate of drug-likeness (QED) is 0.237. The van der Waals surface area contributed by atoms with E-state index >= 15 is 0 Å². The molecule has 0 spiro atoms. The Kier molecular flexibility index (Phi) is 6.17. The van der Waals surface area contributed by atoms with Crippen molar-refractivity contribution < 1.29 is 29.6 Å². The van der Waals surface area contributed by atoms with Gasteiger partial charge in [-0.2, -0.15) is 0 Å². The Hall–Kier alpha value is -2.81. The van der Waals surface area contributed by atoms with Gasteiger partial charge in [0.15, 0.2) is 0 Å². The molecule has 4 aliphatic rings. The highest BCUT2D eigenvalue weighted by atomic mass is 16.6. The van der Waals surface area contributed by atoms with Gasteiger partial charge in [-0.05, 0) is 71.6 Å². The molecule has 0 bridgehead atoms. The molecule has 4 atom stereocenters. The largest absolute Gasteiger partial charge is 0.506 e. The fraction of sp³-hybridized carbons (Fsp3) is 0.536. The number of aromatic hydroxyl groups is 1. The van der Waals surface area contributed by atoms with E-state index in [1.54, 1.807) is 17.0 Å². The first-order valence-corrected chi connectivity index (χ1v) is 12.7. The number of nitrogens with zero attached hydrogens (tertiary/aromatic N) is 1. The minimum Gasteiger partial charge on any atom is -0.506 e. The molecule has 8 heteroatoms. The fourth-order valence-corrected chi connectivity index (χ4v) is 5.33. The van der Waals surface area contributed by atoms with Crippen molar-refractivity contribution in [3.63, 3.8) is 0 Å². The number of aliphatic hydroxyl groups excluding tert-OH is 2. The zero-order valence-electron chi connectivity index (χ0n) is 21.4. The van der Waals surface area contributed by atoms with Crippen LogP contribution in [0.4, 0.5) is 5.69 Å². The Bertz CT molecular complexity index is 1170. The first-order valence-electron chi connectivity index (χ1n) is 12.7. The molecule has 36 heavy (non-hydrogen) atoms. The number of allylic oxidation sites excluding steroid dienone is 1. The number of carbonyl (C=O) groups is 1. The molecule has 0 saturated carbocycles. The zero-order valence-corrected chi connectivity index (χ0v) is 21.4. The van der Waals surface area contributed by atoms with Gasteiger partial charge < -0.3 is 35.0 Å². The molecule has 2 saturated heterocycles. The van der Waals surface area contributed by atoms with Gasteiger partial charge in [0.2, 0.25) is 0 Å². The molecule has 0 aromatic heterocycles. The Morgan fingerprint density at radius 1 is 1.19 bits per heavy atom. The third-order valence-electron chi connectivity index (χ3n) is 7.92. The van der Waals surface area contributed by atoms with Crippen LogP contribution in [0.5, 0.6) is 5.75 Å². The summed E-state index contributed by atoms with van der Waals surface area (Å²) in [6, 6.07) is 4.75. The molecule has 1 aliphatic carbocycles. The summed E-state index contributed by atoms with van der Waals surface area (Å²) in [4.78, 5) is 15.1. The van der Waals surface area contributed by atoms with Gasteiger partial charge in [0.05, 0.1) is 46.5 Å². The predicted molar refractivity (Wildman–Crippen MR) is 136 cm³/mol. The van der Waals surface area contributed by atoms with E-state index in [0.717, 1.165) is 31.3 Å². The lowest BCUT2D eigenvalue weighted by atomic mass is 9.94. The lowest BCUT2D eigenvalue weighted by molar-refractivity contribution is 0.0804. The number of hydrogen-bond donors (Lipinski definition) is 4. The minimum atomic E-state index is -0.906. The summed E-state index contributed by atoms with van der Waals surface area (Å²) in [6.07, 6.45) is 6.95. The van der Waals surface area contributed by atoms with Crippen molar-refractivity contribution in [1.82, 2.24) is 4.90 Å². The lowest BCUT2D eigenvalue weighted by Crippen LogP contribution is -2.34. The highest BCUT2D eigenvalue weighted by molar-refractivity contribution is 6.03. The van der Waals surface area contributed by atoms with Crippen molar-refractivity contribution in [3.8, 4) is 5.75 Å². The molecule has 5 rings (SSSR count). The Balaban J connectivity index is 1.26. The number of aliphatic hydroxyl groups is 2. The maximum atomic E-state index is 13.5. The molecule has 2 fully saturated rings. The number of nitrogens with one attached hydrogen (secondary N) is 1. The van der Waals surface area contributed by atoms with Crippen LogP contribution in [0.25, 0.3) is 0 Å². The molecule has 1 aromatic rings. The summed E-state index contributed by atoms with van der Waals surface area (Å²) in [5, 5.41) is 34.2. The maximum absolute atomic E-state index is 13.5. The van der Waals surface area contributed by atoms with Gasteiger partial charge in [0, 0.05) is 13.0 Å². The number of phenols is 1. The number of hydrogen-bond acceptors (Lipinski definition) is 7. The predicted octanol–water partition coefficient (Wildman–Crippen LogP) is 4.52. The molecular formula is C28H36N2O6. The minimum absolute atomic E-state index is 0.00980. The van der Waals surface area contributed by atoms with E-state index < -0.39 is 6.10 Å². The van der Waals surface area contributed by atoms with Crippen molar-refractivity contribution in [3.05, 3.63) is 58.6 Å². The number of phenolic OH excluding ortho intramolecular Hbond substituents is 1. The topological polar surface area (TPSA) is 118 Å². The number of benzene rings is 1. The summed E-state index contributed by atoms with van der Waals surface area (Å²) < 4.78 is 11.7. The average molecular weight is 497 g/mol. The van der Waals surface area contributed by atoms with E-state index in [4.69, 9.17) is 9.47 Å². The maximum Gasteiger partial charge on any atom is 0.260 e. The molecule has 8 nitrogen and oxygen atoms in total. The van der Waals surface area contributed by atoms with E-state index in [1.165, 1.54) is 12.1 Å². The number of ether oxygens (including phenoxy) is 2. The standard InChI is InChI=1S/C28H36N2O6/c1-16(8-9-23-28(4,36-23)12-10-22-27(2,3)35-22)11-13-30-19-14-17(31)15-21(33)25(19)29-24-18(26(30)34)6-5-7-20(24)32/h5-7,11,15,17,22-23,29,31-33H,8-10,12-14H2,1-4H3/b16-11+. The van der Waals surface area contributed by atoms with Gasteiger partial charge in [0.1, 0.15) is 17.2 Å². The molecular weight excluding hydrogens is 460 g/mol. The SMILES string of the molecule is C/C(=C\CN1C(=O)c2cccc(O)c2NC2=C1CC(O)C=C2O)CCC1OC1(C)CCC1OC1(C)C. The van der Waals surface area contributed by atoms with Crippen molar-refractivity contribution in [2.45, 2.75) is 89.3 Å². The van der Waals surface area contributed by atoms with Crippen molar-refractivity contribution in [1.29, 1.82) is 0 Å². The highest BCUT2D eigenvalue weighted by Gasteiger charge is 2.54. The third-order valence-corrected chi connectivity index (χ3v) is 7.92. The first kappa shape index (κ1) is 24.9. The average Bonchev–Trinajstić information content (AvgIpc) is 3.67. The number of para-hydroxylation sites is 1. The van der Waals surface area contributed by atoms with Crippen LogP contribution in [0, 0.1) is 0 Å². The van der Waals surface area contributed by atoms with Crippen molar-refractivity contribution in [2.75, 3.05) is 11.9 Å². The normalized spacial score (nSPS) is 30.8. The molecule has 1 amide bonds. The summed E-state index contributed by atoms with van der Waals surface area (Å²) >= 11 is 0. The number of carbonyl (C=O) groups excluding carboxylic acids is 1. The van der Waals surface area contributed by atoms with Gasteiger partial charge in [-0.3, -0.25) is 4.79 Å². The number of fused-ring (bicyclic) bond motifs is 1. The van der Waals surface area contributed by atoms with Crippen LogP contribution in [0.15, 0.2) is 53.1 Å². The Morgan fingerprint density at radius 2 is 1.94 bits per heavy atom. The number of amides is 1. The van der Waals surface area contributed by atoms with Crippen LogP contribution in [0.2, 0.25) is 0 Å². The van der Waals surface area contributed by atoms with Crippen molar-refractivity contribution >= 4 is 11.6 Å². The molecule has 0 radical (unpaired) electrons. The monoisotopic (exact) mass is 496 g/mol. The first-order chi connectivity index (χ1) is 17.0. The second-order valence-electron chi connectivity index (χ2n) is 11.1. The van der Waals surface area contributed by atoms with E-state index in [9.17, 15) is 20.1 Å². The zero-order chi connectivity index (χ0) is 25.8. The number of rotatable bonds is 8. The van der Waals surface area contributed by atoms with Crippen LogP contribution in [-0.4, -0.2) is 62.2 Å². The van der Waals surface area contributed by atoms with Crippen LogP contribution >= 0.6 is 0 Å². The molecule has 3 aliphatic heterocycles.